The van der Waals surface area contributed by atoms with Crippen LogP contribution in [0.2, 0.25) is 0 Å². The zero-order chi connectivity index (χ0) is 12.4. The van der Waals surface area contributed by atoms with Gasteiger partial charge in [-0.3, -0.25) is 0 Å². The van der Waals surface area contributed by atoms with Crippen LogP contribution in [0.1, 0.15) is 43.6 Å². The van der Waals surface area contributed by atoms with E-state index >= 15 is 0 Å². The Kier molecular flexibility index (Phi) is 3.46. The van der Waals surface area contributed by atoms with Gasteiger partial charge in [-0.25, -0.2) is 9.97 Å². The van der Waals surface area contributed by atoms with Crippen molar-refractivity contribution in [3.8, 4) is 0 Å². The second-order valence-corrected chi connectivity index (χ2v) is 5.56. The van der Waals surface area contributed by atoms with Crippen molar-refractivity contribution in [1.29, 1.82) is 0 Å². The first-order chi connectivity index (χ1) is 8.86. The maximum Gasteiger partial charge on any atom is 0.225 e. The summed E-state index contributed by atoms with van der Waals surface area (Å²) in [6.45, 7) is 2.25. The van der Waals surface area contributed by atoms with Crippen LogP contribution in [0.5, 0.6) is 0 Å². The van der Waals surface area contributed by atoms with E-state index < -0.39 is 0 Å². The van der Waals surface area contributed by atoms with E-state index in [0.717, 1.165) is 31.9 Å². The zero-order valence-electron chi connectivity index (χ0n) is 10.8. The van der Waals surface area contributed by atoms with Gasteiger partial charge in [0.15, 0.2) is 0 Å². The second-order valence-electron chi connectivity index (χ2n) is 5.56. The van der Waals surface area contributed by atoms with E-state index in [1.54, 1.807) is 0 Å². The standard InChI is InChI=1S/C14H21N3O/c18-10-11-4-6-17(7-5-11)14-15-8-13(9-16-14)12-2-1-3-12/h8-9,11-12,18H,1-7,10H2. The fourth-order valence-electron chi connectivity index (χ4n) is 2.76. The summed E-state index contributed by atoms with van der Waals surface area (Å²) in [6.07, 6.45) is 10.0. The van der Waals surface area contributed by atoms with Crippen molar-refractivity contribution >= 4 is 5.95 Å². The molecule has 4 nitrogen and oxygen atoms in total. The molecule has 0 aromatic carbocycles. The molecule has 0 bridgehead atoms. The molecule has 0 spiro atoms. The van der Waals surface area contributed by atoms with E-state index in [-0.39, 0.29) is 0 Å². The predicted molar refractivity (Wildman–Crippen MR) is 70.6 cm³/mol. The van der Waals surface area contributed by atoms with Crippen LogP contribution >= 0.6 is 0 Å². The minimum Gasteiger partial charge on any atom is -0.396 e. The average Bonchev–Trinajstić information content (AvgIpc) is 2.38. The molecule has 0 unspecified atom stereocenters. The Labute approximate surface area is 108 Å². The van der Waals surface area contributed by atoms with E-state index in [9.17, 15) is 0 Å². The molecule has 3 rings (SSSR count). The molecule has 1 aliphatic carbocycles. The van der Waals surface area contributed by atoms with Gasteiger partial charge in [-0.15, -0.1) is 0 Å². The number of aliphatic hydroxyl groups is 1. The first-order valence-electron chi connectivity index (χ1n) is 7.04. The van der Waals surface area contributed by atoms with Gasteiger partial charge in [-0.1, -0.05) is 6.42 Å². The van der Waals surface area contributed by atoms with Gasteiger partial charge >= 0.3 is 0 Å². The van der Waals surface area contributed by atoms with Gasteiger partial charge in [-0.2, -0.15) is 0 Å². The molecular weight excluding hydrogens is 226 g/mol. The highest BCUT2D eigenvalue weighted by Crippen LogP contribution is 2.35. The van der Waals surface area contributed by atoms with Crippen LogP contribution < -0.4 is 4.90 Å². The van der Waals surface area contributed by atoms with Crippen molar-refractivity contribution in [2.75, 3.05) is 24.6 Å². The Morgan fingerprint density at radius 3 is 2.28 bits per heavy atom. The maximum absolute atomic E-state index is 9.13. The van der Waals surface area contributed by atoms with Gasteiger partial charge in [0.1, 0.15) is 0 Å². The molecule has 0 radical (unpaired) electrons. The average molecular weight is 247 g/mol. The molecule has 1 N–H and O–H groups in total. The topological polar surface area (TPSA) is 49.2 Å². The highest BCUT2D eigenvalue weighted by Gasteiger charge is 2.22. The minimum atomic E-state index is 0.315. The molecule has 0 amide bonds. The first-order valence-corrected chi connectivity index (χ1v) is 7.04. The molecular formula is C14H21N3O. The van der Waals surface area contributed by atoms with E-state index in [4.69, 9.17) is 5.11 Å². The number of aromatic nitrogens is 2. The number of piperidine rings is 1. The van der Waals surface area contributed by atoms with Gasteiger partial charge in [-0.05, 0) is 43.1 Å². The van der Waals surface area contributed by atoms with E-state index in [0.29, 0.717) is 18.4 Å². The summed E-state index contributed by atoms with van der Waals surface area (Å²) >= 11 is 0. The Hall–Kier alpha value is -1.16. The summed E-state index contributed by atoms with van der Waals surface area (Å²) in [7, 11) is 0. The van der Waals surface area contributed by atoms with Crippen LogP contribution in [0.15, 0.2) is 12.4 Å². The summed E-state index contributed by atoms with van der Waals surface area (Å²) in [4.78, 5) is 11.2. The summed E-state index contributed by atoms with van der Waals surface area (Å²) < 4.78 is 0. The number of rotatable bonds is 3. The number of hydrogen-bond donors (Lipinski definition) is 1. The third-order valence-electron chi connectivity index (χ3n) is 4.39. The van der Waals surface area contributed by atoms with Crippen LogP contribution in [0.25, 0.3) is 0 Å². The van der Waals surface area contributed by atoms with Gasteiger partial charge < -0.3 is 10.0 Å². The third kappa shape index (κ3) is 2.34. The van der Waals surface area contributed by atoms with Crippen LogP contribution in [-0.2, 0) is 0 Å². The van der Waals surface area contributed by atoms with Crippen LogP contribution in [-0.4, -0.2) is 34.8 Å². The molecule has 2 aliphatic rings. The molecule has 1 saturated heterocycles. The predicted octanol–water partition coefficient (Wildman–Crippen LogP) is 1.95. The Bertz CT molecular complexity index is 381. The number of aliphatic hydroxyl groups excluding tert-OH is 1. The van der Waals surface area contributed by atoms with Crippen molar-refractivity contribution in [2.24, 2.45) is 5.92 Å². The smallest absolute Gasteiger partial charge is 0.225 e. The molecule has 1 aliphatic heterocycles. The monoisotopic (exact) mass is 247 g/mol. The summed E-state index contributed by atoms with van der Waals surface area (Å²) in [6, 6.07) is 0. The van der Waals surface area contributed by atoms with Gasteiger partial charge in [0, 0.05) is 32.1 Å². The molecule has 2 fully saturated rings. The van der Waals surface area contributed by atoms with Crippen molar-refractivity contribution in [2.45, 2.75) is 38.0 Å². The molecule has 2 heterocycles. The van der Waals surface area contributed by atoms with Gasteiger partial charge in [0.05, 0.1) is 0 Å². The van der Waals surface area contributed by atoms with Crippen molar-refractivity contribution in [3.05, 3.63) is 18.0 Å². The van der Waals surface area contributed by atoms with Crippen molar-refractivity contribution < 1.29 is 5.11 Å². The van der Waals surface area contributed by atoms with Crippen LogP contribution in [0.3, 0.4) is 0 Å². The molecule has 0 atom stereocenters. The second kappa shape index (κ2) is 5.22. The minimum absolute atomic E-state index is 0.315. The fourth-order valence-corrected chi connectivity index (χ4v) is 2.76. The first kappa shape index (κ1) is 11.9. The lowest BCUT2D eigenvalue weighted by Crippen LogP contribution is -2.35. The molecule has 1 saturated carbocycles. The molecule has 1 aromatic rings. The van der Waals surface area contributed by atoms with E-state index in [1.807, 2.05) is 12.4 Å². The number of nitrogens with zero attached hydrogens (tertiary/aromatic N) is 3. The Morgan fingerprint density at radius 1 is 1.11 bits per heavy atom. The lowest BCUT2D eigenvalue weighted by molar-refractivity contribution is 0.202. The van der Waals surface area contributed by atoms with E-state index in [1.165, 1.54) is 24.8 Å². The van der Waals surface area contributed by atoms with E-state index in [2.05, 4.69) is 14.9 Å². The quantitative estimate of drug-likeness (QED) is 0.887. The Balaban J connectivity index is 1.62. The van der Waals surface area contributed by atoms with Crippen LogP contribution in [0, 0.1) is 5.92 Å². The highest BCUT2D eigenvalue weighted by atomic mass is 16.3. The lowest BCUT2D eigenvalue weighted by Gasteiger charge is -2.31. The Morgan fingerprint density at radius 2 is 1.78 bits per heavy atom. The molecule has 4 heteroatoms. The highest BCUT2D eigenvalue weighted by molar-refractivity contribution is 5.31. The summed E-state index contributed by atoms with van der Waals surface area (Å²) in [5.74, 6) is 2.03. The summed E-state index contributed by atoms with van der Waals surface area (Å²) in [5.41, 5.74) is 1.30. The normalized spacial score (nSPS) is 21.9. The van der Waals surface area contributed by atoms with Gasteiger partial charge in [0.25, 0.3) is 0 Å². The lowest BCUT2D eigenvalue weighted by atomic mass is 9.81. The molecule has 98 valence electrons. The largest absolute Gasteiger partial charge is 0.396 e. The van der Waals surface area contributed by atoms with Crippen molar-refractivity contribution in [3.63, 3.8) is 0 Å². The van der Waals surface area contributed by atoms with Gasteiger partial charge in [0.2, 0.25) is 5.95 Å². The summed E-state index contributed by atoms with van der Waals surface area (Å²) in [5, 5.41) is 9.13. The number of anilines is 1. The zero-order valence-corrected chi connectivity index (χ0v) is 10.8. The third-order valence-corrected chi connectivity index (χ3v) is 4.39. The molecule has 1 aromatic heterocycles. The van der Waals surface area contributed by atoms with Crippen LogP contribution in [0.4, 0.5) is 5.95 Å². The SMILES string of the molecule is OCC1CCN(c2ncc(C3CCC3)cn2)CC1. The number of hydrogen-bond acceptors (Lipinski definition) is 4. The molecule has 18 heavy (non-hydrogen) atoms. The fraction of sp³-hybridized carbons (Fsp3) is 0.714. The maximum atomic E-state index is 9.13. The van der Waals surface area contributed by atoms with Crippen molar-refractivity contribution in [1.82, 2.24) is 9.97 Å².